The molecule has 2 fully saturated rings. The summed E-state index contributed by atoms with van der Waals surface area (Å²) >= 11 is 0. The Kier molecular flexibility index (Phi) is 4.35. The first-order valence-electron chi connectivity index (χ1n) is 8.97. The molecule has 1 aromatic rings. The van der Waals surface area contributed by atoms with Gasteiger partial charge < -0.3 is 9.64 Å². The molecule has 23 heavy (non-hydrogen) atoms. The number of hydrogen-bond donors (Lipinski definition) is 1. The van der Waals surface area contributed by atoms with Crippen LogP contribution in [0.1, 0.15) is 36.9 Å². The molecule has 0 amide bonds. The smallest absolute Gasteiger partial charge is 0.255 e. The maximum Gasteiger partial charge on any atom is 0.255 e. The topological polar surface area (TPSA) is 61.5 Å². The summed E-state index contributed by atoms with van der Waals surface area (Å²) in [6, 6.07) is 0. The molecule has 4 rings (SSSR count). The minimum atomic E-state index is 0.0689. The molecule has 0 spiro atoms. The van der Waals surface area contributed by atoms with Crippen LogP contribution in [0.2, 0.25) is 0 Å². The van der Waals surface area contributed by atoms with Gasteiger partial charge in [-0.15, -0.1) is 0 Å². The molecule has 1 N–H and O–H groups in total. The van der Waals surface area contributed by atoms with E-state index in [1.807, 2.05) is 0 Å². The Balaban J connectivity index is 1.51. The van der Waals surface area contributed by atoms with Crippen molar-refractivity contribution in [3.63, 3.8) is 0 Å². The summed E-state index contributed by atoms with van der Waals surface area (Å²) in [5.74, 6) is 1.42. The predicted octanol–water partition coefficient (Wildman–Crippen LogP) is 1.15. The number of nitrogens with one attached hydrogen (secondary N) is 1. The van der Waals surface area contributed by atoms with E-state index in [1.54, 1.807) is 0 Å². The van der Waals surface area contributed by atoms with Gasteiger partial charge in [0.25, 0.3) is 5.56 Å². The number of aromatic amines is 1. The lowest BCUT2D eigenvalue weighted by Gasteiger charge is -2.31. The molecule has 126 valence electrons. The quantitative estimate of drug-likeness (QED) is 0.906. The normalized spacial score (nSPS) is 25.6. The van der Waals surface area contributed by atoms with E-state index >= 15 is 0 Å². The van der Waals surface area contributed by atoms with Crippen molar-refractivity contribution in [3.8, 4) is 0 Å². The average Bonchev–Trinajstić information content (AvgIpc) is 3.08. The second-order valence-corrected chi connectivity index (χ2v) is 7.08. The van der Waals surface area contributed by atoms with E-state index in [2.05, 4.69) is 14.8 Å². The van der Waals surface area contributed by atoms with Gasteiger partial charge in [-0.05, 0) is 38.0 Å². The van der Waals surface area contributed by atoms with E-state index in [0.717, 1.165) is 76.0 Å². The number of rotatable bonds is 3. The van der Waals surface area contributed by atoms with Gasteiger partial charge in [-0.1, -0.05) is 0 Å². The number of anilines is 1. The highest BCUT2D eigenvalue weighted by Gasteiger charge is 2.26. The maximum atomic E-state index is 12.4. The second kappa shape index (κ2) is 6.61. The number of ether oxygens (including phenoxy) is 1. The molecule has 1 atom stereocenters. The van der Waals surface area contributed by atoms with Crippen molar-refractivity contribution in [2.45, 2.75) is 38.6 Å². The van der Waals surface area contributed by atoms with Gasteiger partial charge in [-0.2, -0.15) is 0 Å². The van der Waals surface area contributed by atoms with Gasteiger partial charge in [-0.3, -0.25) is 14.7 Å². The van der Waals surface area contributed by atoms with E-state index in [-0.39, 0.29) is 5.56 Å². The number of hydrogen-bond acceptors (Lipinski definition) is 5. The summed E-state index contributed by atoms with van der Waals surface area (Å²) in [7, 11) is 0. The molecule has 3 aliphatic heterocycles. The molecule has 0 saturated carbocycles. The van der Waals surface area contributed by atoms with Crippen LogP contribution in [0.15, 0.2) is 4.79 Å². The second-order valence-electron chi connectivity index (χ2n) is 7.08. The predicted molar refractivity (Wildman–Crippen MR) is 88.8 cm³/mol. The van der Waals surface area contributed by atoms with Gasteiger partial charge in [0.1, 0.15) is 0 Å². The standard InChI is InChI=1S/C17H26N4O2/c22-16-14-4-8-20(10-13-5-9-23-12-13)11-15(14)18-17(19-16)21-6-2-1-3-7-21/h13H,1-12H2,(H,18,19,22). The highest BCUT2D eigenvalue weighted by molar-refractivity contribution is 5.34. The first kappa shape index (κ1) is 15.1. The van der Waals surface area contributed by atoms with Gasteiger partial charge in [-0.25, -0.2) is 4.98 Å². The summed E-state index contributed by atoms with van der Waals surface area (Å²) in [4.78, 5) is 24.9. The van der Waals surface area contributed by atoms with E-state index < -0.39 is 0 Å². The highest BCUT2D eigenvalue weighted by atomic mass is 16.5. The fourth-order valence-electron chi connectivity index (χ4n) is 3.98. The highest BCUT2D eigenvalue weighted by Crippen LogP contribution is 2.21. The molecule has 2 saturated heterocycles. The number of H-pyrrole nitrogens is 1. The Morgan fingerprint density at radius 3 is 2.87 bits per heavy atom. The third-order valence-corrected chi connectivity index (χ3v) is 5.34. The SMILES string of the molecule is O=c1[nH]c(N2CCCCC2)nc2c1CCN(CC1CCOC1)C2. The van der Waals surface area contributed by atoms with Crippen molar-refractivity contribution in [2.75, 3.05) is 44.3 Å². The largest absolute Gasteiger partial charge is 0.381 e. The summed E-state index contributed by atoms with van der Waals surface area (Å²) in [5.41, 5.74) is 1.95. The number of aromatic nitrogens is 2. The molecule has 0 aromatic carbocycles. The molecule has 0 aliphatic carbocycles. The van der Waals surface area contributed by atoms with Crippen LogP contribution in [-0.2, 0) is 17.7 Å². The molecule has 0 bridgehead atoms. The van der Waals surface area contributed by atoms with Crippen LogP contribution in [0.3, 0.4) is 0 Å². The van der Waals surface area contributed by atoms with Crippen LogP contribution >= 0.6 is 0 Å². The Morgan fingerprint density at radius 2 is 2.09 bits per heavy atom. The Bertz CT molecular complexity index is 603. The van der Waals surface area contributed by atoms with Crippen LogP contribution in [0.5, 0.6) is 0 Å². The number of fused-ring (bicyclic) bond motifs is 1. The zero-order valence-electron chi connectivity index (χ0n) is 13.7. The lowest BCUT2D eigenvalue weighted by atomic mass is 10.0. The third-order valence-electron chi connectivity index (χ3n) is 5.34. The van der Waals surface area contributed by atoms with Crippen LogP contribution < -0.4 is 10.5 Å². The van der Waals surface area contributed by atoms with Crippen LogP contribution in [-0.4, -0.2) is 54.3 Å². The van der Waals surface area contributed by atoms with E-state index in [9.17, 15) is 4.79 Å². The molecule has 6 heteroatoms. The van der Waals surface area contributed by atoms with Crippen molar-refractivity contribution in [1.82, 2.24) is 14.9 Å². The molecule has 3 aliphatic rings. The van der Waals surface area contributed by atoms with E-state index in [0.29, 0.717) is 5.92 Å². The molecule has 0 radical (unpaired) electrons. The summed E-state index contributed by atoms with van der Waals surface area (Å²) in [6.07, 6.45) is 5.63. The van der Waals surface area contributed by atoms with Crippen LogP contribution in [0, 0.1) is 5.92 Å². The Labute approximate surface area is 136 Å². The third kappa shape index (κ3) is 3.28. The van der Waals surface area contributed by atoms with E-state index in [4.69, 9.17) is 9.72 Å². The molecule has 1 unspecified atom stereocenters. The van der Waals surface area contributed by atoms with E-state index in [1.165, 1.54) is 19.3 Å². The first-order chi connectivity index (χ1) is 11.3. The molecular formula is C17H26N4O2. The van der Waals surface area contributed by atoms with Crippen molar-refractivity contribution >= 4 is 5.95 Å². The first-order valence-corrected chi connectivity index (χ1v) is 8.97. The molecule has 1 aromatic heterocycles. The van der Waals surface area contributed by atoms with Gasteiger partial charge >= 0.3 is 0 Å². The van der Waals surface area contributed by atoms with Gasteiger partial charge in [0.05, 0.1) is 12.3 Å². The van der Waals surface area contributed by atoms with Crippen molar-refractivity contribution in [2.24, 2.45) is 5.92 Å². The summed E-state index contributed by atoms with van der Waals surface area (Å²) in [6.45, 7) is 6.61. The maximum absolute atomic E-state index is 12.4. The number of nitrogens with zero attached hydrogens (tertiary/aromatic N) is 3. The van der Waals surface area contributed by atoms with Crippen molar-refractivity contribution in [1.29, 1.82) is 0 Å². The lowest BCUT2D eigenvalue weighted by molar-refractivity contribution is 0.161. The average molecular weight is 318 g/mol. The molecule has 6 nitrogen and oxygen atoms in total. The number of piperidine rings is 1. The lowest BCUT2D eigenvalue weighted by Crippen LogP contribution is -2.40. The minimum Gasteiger partial charge on any atom is -0.381 e. The zero-order chi connectivity index (χ0) is 15.6. The minimum absolute atomic E-state index is 0.0689. The summed E-state index contributed by atoms with van der Waals surface area (Å²) in [5, 5.41) is 0. The van der Waals surface area contributed by atoms with Gasteiger partial charge in [0.2, 0.25) is 5.95 Å². The summed E-state index contributed by atoms with van der Waals surface area (Å²) < 4.78 is 5.48. The fourth-order valence-corrected chi connectivity index (χ4v) is 3.98. The zero-order valence-corrected chi connectivity index (χ0v) is 13.7. The van der Waals surface area contributed by atoms with Crippen molar-refractivity contribution in [3.05, 3.63) is 21.6 Å². The van der Waals surface area contributed by atoms with Gasteiger partial charge in [0.15, 0.2) is 0 Å². The van der Waals surface area contributed by atoms with Crippen molar-refractivity contribution < 1.29 is 4.74 Å². The van der Waals surface area contributed by atoms with Gasteiger partial charge in [0, 0.05) is 44.9 Å². The Hall–Kier alpha value is -1.40. The molecule has 4 heterocycles. The molecular weight excluding hydrogens is 292 g/mol. The van der Waals surface area contributed by atoms with Crippen LogP contribution in [0.4, 0.5) is 5.95 Å². The fraction of sp³-hybridized carbons (Fsp3) is 0.765. The van der Waals surface area contributed by atoms with Crippen LogP contribution in [0.25, 0.3) is 0 Å². The Morgan fingerprint density at radius 1 is 1.22 bits per heavy atom. The monoisotopic (exact) mass is 318 g/mol.